The number of hydrogen-bond donors (Lipinski definition) is 0. The standard InChI is InChI=1S/C23H25NO2/c1-3-18-8-10-20(11-9-18)23(13-5-4-6-14-23)22(25)26-21-12-7-17(2)15-19(21)16-24/h7-12,15H,3-6,13-14H2,1-2H3. The Morgan fingerprint density at radius 2 is 1.81 bits per heavy atom. The highest BCUT2D eigenvalue weighted by atomic mass is 16.5. The van der Waals surface area contributed by atoms with Crippen molar-refractivity contribution >= 4 is 5.97 Å². The molecule has 0 saturated heterocycles. The van der Waals surface area contributed by atoms with Crippen LogP contribution in [0.2, 0.25) is 0 Å². The van der Waals surface area contributed by atoms with Gasteiger partial charge in [0.1, 0.15) is 11.8 Å². The van der Waals surface area contributed by atoms with Gasteiger partial charge in [-0.25, -0.2) is 0 Å². The molecule has 1 saturated carbocycles. The van der Waals surface area contributed by atoms with Crippen molar-refractivity contribution in [2.75, 3.05) is 0 Å². The summed E-state index contributed by atoms with van der Waals surface area (Å²) in [6, 6.07) is 15.8. The first-order valence-electron chi connectivity index (χ1n) is 9.41. The Morgan fingerprint density at radius 3 is 2.42 bits per heavy atom. The third-order valence-corrected chi connectivity index (χ3v) is 5.47. The number of benzene rings is 2. The van der Waals surface area contributed by atoms with Gasteiger partial charge < -0.3 is 4.74 Å². The number of nitriles is 1. The van der Waals surface area contributed by atoms with E-state index in [1.165, 1.54) is 5.56 Å². The summed E-state index contributed by atoms with van der Waals surface area (Å²) in [5.74, 6) is 0.125. The maximum Gasteiger partial charge on any atom is 0.321 e. The summed E-state index contributed by atoms with van der Waals surface area (Å²) in [5.41, 5.74) is 3.07. The van der Waals surface area contributed by atoms with Gasteiger partial charge in [-0.15, -0.1) is 0 Å². The molecule has 2 aromatic carbocycles. The highest BCUT2D eigenvalue weighted by Gasteiger charge is 2.43. The smallest absolute Gasteiger partial charge is 0.321 e. The van der Waals surface area contributed by atoms with Crippen LogP contribution in [0.3, 0.4) is 0 Å². The van der Waals surface area contributed by atoms with Crippen LogP contribution in [0.5, 0.6) is 5.75 Å². The summed E-state index contributed by atoms with van der Waals surface area (Å²) < 4.78 is 5.78. The van der Waals surface area contributed by atoms with Gasteiger partial charge in [0, 0.05) is 0 Å². The SMILES string of the molecule is CCc1ccc(C2(C(=O)Oc3ccc(C)cc3C#N)CCCCC2)cc1. The number of hydrogen-bond acceptors (Lipinski definition) is 3. The first-order valence-corrected chi connectivity index (χ1v) is 9.41. The molecule has 26 heavy (non-hydrogen) atoms. The van der Waals surface area contributed by atoms with Crippen molar-refractivity contribution in [3.05, 3.63) is 64.7 Å². The van der Waals surface area contributed by atoms with E-state index < -0.39 is 5.41 Å². The zero-order valence-corrected chi connectivity index (χ0v) is 15.5. The summed E-state index contributed by atoms with van der Waals surface area (Å²) in [6.07, 6.45) is 5.76. The van der Waals surface area contributed by atoms with E-state index in [0.29, 0.717) is 11.3 Å². The van der Waals surface area contributed by atoms with Gasteiger partial charge >= 0.3 is 5.97 Å². The molecule has 0 N–H and O–H groups in total. The Kier molecular flexibility index (Phi) is 5.42. The first kappa shape index (κ1) is 18.2. The molecular weight excluding hydrogens is 322 g/mol. The van der Waals surface area contributed by atoms with Crippen LogP contribution in [0.25, 0.3) is 0 Å². The summed E-state index contributed by atoms with van der Waals surface area (Å²) >= 11 is 0. The van der Waals surface area contributed by atoms with Crippen LogP contribution in [0.15, 0.2) is 42.5 Å². The second-order valence-electron chi connectivity index (χ2n) is 7.19. The topological polar surface area (TPSA) is 50.1 Å². The lowest BCUT2D eigenvalue weighted by molar-refractivity contribution is -0.142. The van der Waals surface area contributed by atoms with E-state index in [1.54, 1.807) is 12.1 Å². The van der Waals surface area contributed by atoms with Gasteiger partial charge in [0.2, 0.25) is 0 Å². The normalized spacial score (nSPS) is 15.9. The minimum atomic E-state index is -0.609. The molecule has 1 aliphatic rings. The van der Waals surface area contributed by atoms with E-state index in [1.807, 2.05) is 13.0 Å². The van der Waals surface area contributed by atoms with E-state index in [9.17, 15) is 10.1 Å². The van der Waals surface area contributed by atoms with Crippen LogP contribution >= 0.6 is 0 Å². The van der Waals surface area contributed by atoms with Crippen LogP contribution in [-0.4, -0.2) is 5.97 Å². The van der Waals surface area contributed by atoms with Gasteiger partial charge in [-0.3, -0.25) is 4.79 Å². The summed E-state index contributed by atoms with van der Waals surface area (Å²) in [6.45, 7) is 4.05. The molecule has 1 fully saturated rings. The molecule has 0 atom stereocenters. The average Bonchev–Trinajstić information content (AvgIpc) is 2.69. The van der Waals surface area contributed by atoms with Crippen molar-refractivity contribution in [3.63, 3.8) is 0 Å². The molecule has 3 heteroatoms. The number of esters is 1. The van der Waals surface area contributed by atoms with Crippen LogP contribution in [-0.2, 0) is 16.6 Å². The lowest BCUT2D eigenvalue weighted by atomic mass is 9.69. The van der Waals surface area contributed by atoms with Gasteiger partial charge in [0.05, 0.1) is 11.0 Å². The summed E-state index contributed by atoms with van der Waals surface area (Å²) in [4.78, 5) is 13.3. The molecule has 3 nitrogen and oxygen atoms in total. The van der Waals surface area contributed by atoms with Crippen molar-refractivity contribution in [2.24, 2.45) is 0 Å². The lowest BCUT2D eigenvalue weighted by Gasteiger charge is -2.35. The van der Waals surface area contributed by atoms with Crippen molar-refractivity contribution in [3.8, 4) is 11.8 Å². The molecule has 0 aromatic heterocycles. The van der Waals surface area contributed by atoms with Crippen LogP contribution in [0.4, 0.5) is 0 Å². The molecular formula is C23H25NO2. The zero-order valence-electron chi connectivity index (χ0n) is 15.5. The van der Waals surface area contributed by atoms with Crippen molar-refractivity contribution in [2.45, 2.75) is 57.8 Å². The molecule has 0 amide bonds. The fourth-order valence-electron chi connectivity index (χ4n) is 3.84. The monoisotopic (exact) mass is 347 g/mol. The van der Waals surface area contributed by atoms with Gasteiger partial charge in [0.15, 0.2) is 0 Å². The first-order chi connectivity index (χ1) is 12.6. The fourth-order valence-corrected chi connectivity index (χ4v) is 3.84. The van der Waals surface area contributed by atoms with Gasteiger partial charge in [-0.1, -0.05) is 56.5 Å². The number of carbonyl (C=O) groups is 1. The highest BCUT2D eigenvalue weighted by Crippen LogP contribution is 2.41. The molecule has 2 aromatic rings. The third-order valence-electron chi connectivity index (χ3n) is 5.47. The maximum atomic E-state index is 13.3. The Balaban J connectivity index is 1.95. The van der Waals surface area contributed by atoms with E-state index in [4.69, 9.17) is 4.74 Å². The van der Waals surface area contributed by atoms with E-state index >= 15 is 0 Å². The van der Waals surface area contributed by atoms with Crippen molar-refractivity contribution < 1.29 is 9.53 Å². The quantitative estimate of drug-likeness (QED) is 0.561. The number of nitrogens with zero attached hydrogens (tertiary/aromatic N) is 1. The van der Waals surface area contributed by atoms with Crippen LogP contribution in [0, 0.1) is 18.3 Å². The molecule has 3 rings (SSSR count). The predicted molar refractivity (Wildman–Crippen MR) is 102 cm³/mol. The van der Waals surface area contributed by atoms with Crippen LogP contribution < -0.4 is 4.74 Å². The van der Waals surface area contributed by atoms with Crippen molar-refractivity contribution in [1.29, 1.82) is 5.26 Å². The molecule has 134 valence electrons. The Labute approximate surface area is 155 Å². The van der Waals surface area contributed by atoms with E-state index in [0.717, 1.165) is 49.7 Å². The highest BCUT2D eigenvalue weighted by molar-refractivity contribution is 5.85. The van der Waals surface area contributed by atoms with E-state index in [-0.39, 0.29) is 5.97 Å². The van der Waals surface area contributed by atoms with E-state index in [2.05, 4.69) is 37.3 Å². The Bertz CT molecular complexity index is 824. The Hall–Kier alpha value is -2.60. The largest absolute Gasteiger partial charge is 0.424 e. The minimum absolute atomic E-state index is 0.234. The fraction of sp³-hybridized carbons (Fsp3) is 0.391. The summed E-state index contributed by atoms with van der Waals surface area (Å²) in [7, 11) is 0. The second kappa shape index (κ2) is 7.74. The molecule has 0 bridgehead atoms. The molecule has 0 aliphatic heterocycles. The molecule has 0 spiro atoms. The van der Waals surface area contributed by atoms with Crippen molar-refractivity contribution in [1.82, 2.24) is 0 Å². The number of carbonyl (C=O) groups excluding carboxylic acids is 1. The maximum absolute atomic E-state index is 13.3. The van der Waals surface area contributed by atoms with Gasteiger partial charge in [-0.05, 0) is 55.0 Å². The zero-order chi connectivity index (χ0) is 18.6. The second-order valence-corrected chi connectivity index (χ2v) is 7.19. The third kappa shape index (κ3) is 3.51. The molecule has 0 heterocycles. The summed E-state index contributed by atoms with van der Waals surface area (Å²) in [5, 5.41) is 9.36. The van der Waals surface area contributed by atoms with Crippen LogP contribution in [0.1, 0.15) is 61.3 Å². The lowest BCUT2D eigenvalue weighted by Crippen LogP contribution is -2.41. The average molecular weight is 347 g/mol. The molecule has 0 radical (unpaired) electrons. The predicted octanol–water partition coefficient (Wildman–Crippen LogP) is 5.24. The molecule has 1 aliphatic carbocycles. The van der Waals surface area contributed by atoms with Gasteiger partial charge in [-0.2, -0.15) is 5.26 Å². The number of rotatable bonds is 4. The minimum Gasteiger partial charge on any atom is -0.424 e. The number of aryl methyl sites for hydroxylation is 2. The van der Waals surface area contributed by atoms with Gasteiger partial charge in [0.25, 0.3) is 0 Å². The number of ether oxygens (including phenoxy) is 1. The Morgan fingerprint density at radius 1 is 1.12 bits per heavy atom. The molecule has 0 unspecified atom stereocenters.